The molecule has 0 radical (unpaired) electrons. The van der Waals surface area contributed by atoms with Crippen LogP contribution in [-0.2, 0) is 9.53 Å². The van der Waals surface area contributed by atoms with E-state index in [4.69, 9.17) is 10.5 Å². The maximum Gasteiger partial charge on any atom is 0.409 e. The van der Waals surface area contributed by atoms with Gasteiger partial charge in [0.05, 0.1) is 6.61 Å². The molecule has 1 aliphatic rings. The minimum Gasteiger partial charge on any atom is -0.450 e. The summed E-state index contributed by atoms with van der Waals surface area (Å²) >= 11 is 0. The fraction of sp³-hybridized carbons (Fsp3) is 0.818. The lowest BCUT2D eigenvalue weighted by atomic mass is 10.1. The van der Waals surface area contributed by atoms with Gasteiger partial charge in [0.15, 0.2) is 0 Å². The van der Waals surface area contributed by atoms with Crippen molar-refractivity contribution in [2.75, 3.05) is 26.2 Å². The fourth-order valence-corrected chi connectivity index (χ4v) is 1.85. The van der Waals surface area contributed by atoms with E-state index in [1.165, 1.54) is 0 Å². The molecule has 1 aliphatic heterocycles. The average Bonchev–Trinajstić information content (AvgIpc) is 2.30. The molecular weight excluding hydrogens is 222 g/mol. The van der Waals surface area contributed by atoms with Gasteiger partial charge < -0.3 is 20.7 Å². The maximum absolute atomic E-state index is 11.4. The molecule has 2 amide bonds. The van der Waals surface area contributed by atoms with Gasteiger partial charge in [-0.1, -0.05) is 0 Å². The van der Waals surface area contributed by atoms with Gasteiger partial charge in [0, 0.05) is 32.1 Å². The zero-order chi connectivity index (χ0) is 12.7. The quantitative estimate of drug-likeness (QED) is 0.732. The molecule has 1 heterocycles. The number of nitrogens with one attached hydrogen (secondary N) is 1. The van der Waals surface area contributed by atoms with Gasteiger partial charge in [0.25, 0.3) is 0 Å². The van der Waals surface area contributed by atoms with E-state index >= 15 is 0 Å². The van der Waals surface area contributed by atoms with E-state index < -0.39 is 0 Å². The van der Waals surface area contributed by atoms with Gasteiger partial charge in [0.2, 0.25) is 5.91 Å². The lowest BCUT2D eigenvalue weighted by Crippen LogP contribution is -2.46. The van der Waals surface area contributed by atoms with Gasteiger partial charge >= 0.3 is 6.09 Å². The van der Waals surface area contributed by atoms with Crippen LogP contribution in [0.4, 0.5) is 4.79 Å². The third-order valence-electron chi connectivity index (χ3n) is 2.76. The molecule has 3 N–H and O–H groups in total. The van der Waals surface area contributed by atoms with Crippen LogP contribution in [-0.4, -0.2) is 49.2 Å². The Morgan fingerprint density at radius 3 is 2.59 bits per heavy atom. The number of piperidine rings is 1. The number of carbonyl (C=O) groups is 2. The first-order valence-corrected chi connectivity index (χ1v) is 6.08. The summed E-state index contributed by atoms with van der Waals surface area (Å²) in [6, 6.07) is 0.153. The van der Waals surface area contributed by atoms with E-state index in [1.54, 1.807) is 11.8 Å². The number of ether oxygens (including phenoxy) is 1. The molecule has 98 valence electrons. The van der Waals surface area contributed by atoms with Crippen molar-refractivity contribution in [1.82, 2.24) is 10.2 Å². The molecule has 0 aromatic rings. The van der Waals surface area contributed by atoms with Gasteiger partial charge in [-0.05, 0) is 19.8 Å². The van der Waals surface area contributed by atoms with Crippen molar-refractivity contribution in [3.8, 4) is 0 Å². The second-order valence-electron chi connectivity index (χ2n) is 4.07. The molecule has 17 heavy (non-hydrogen) atoms. The summed E-state index contributed by atoms with van der Waals surface area (Å²) in [6.45, 7) is 3.82. The van der Waals surface area contributed by atoms with Crippen LogP contribution in [0, 0.1) is 0 Å². The Morgan fingerprint density at radius 1 is 1.41 bits per heavy atom. The van der Waals surface area contributed by atoms with Crippen molar-refractivity contribution >= 4 is 12.0 Å². The van der Waals surface area contributed by atoms with Crippen molar-refractivity contribution < 1.29 is 14.3 Å². The van der Waals surface area contributed by atoms with E-state index in [0.717, 1.165) is 12.8 Å². The van der Waals surface area contributed by atoms with Crippen LogP contribution < -0.4 is 11.1 Å². The number of amides is 2. The normalized spacial score (nSPS) is 16.7. The second kappa shape index (κ2) is 7.11. The van der Waals surface area contributed by atoms with E-state index in [-0.39, 0.29) is 18.0 Å². The number of rotatable bonds is 4. The summed E-state index contributed by atoms with van der Waals surface area (Å²) < 4.78 is 4.92. The Bertz CT molecular complexity index is 263. The topological polar surface area (TPSA) is 84.7 Å². The number of carbonyl (C=O) groups excluding carboxylic acids is 2. The Balaban J connectivity index is 2.26. The van der Waals surface area contributed by atoms with Crippen LogP contribution in [0.3, 0.4) is 0 Å². The molecule has 0 atom stereocenters. The summed E-state index contributed by atoms with van der Waals surface area (Å²) in [6.07, 6.45) is 1.64. The number of likely N-dealkylation sites (tertiary alicyclic amines) is 1. The van der Waals surface area contributed by atoms with E-state index in [2.05, 4.69) is 5.32 Å². The molecule has 0 unspecified atom stereocenters. The van der Waals surface area contributed by atoms with Crippen LogP contribution >= 0.6 is 0 Å². The van der Waals surface area contributed by atoms with Crippen molar-refractivity contribution in [3.05, 3.63) is 0 Å². The highest BCUT2D eigenvalue weighted by molar-refractivity contribution is 5.76. The Morgan fingerprint density at radius 2 is 2.06 bits per heavy atom. The molecule has 1 saturated heterocycles. The lowest BCUT2D eigenvalue weighted by molar-refractivity contribution is -0.121. The zero-order valence-electron chi connectivity index (χ0n) is 10.3. The number of hydrogen-bond acceptors (Lipinski definition) is 4. The first-order valence-electron chi connectivity index (χ1n) is 6.08. The summed E-state index contributed by atoms with van der Waals surface area (Å²) in [5.74, 6) is -0.0120. The average molecular weight is 243 g/mol. The van der Waals surface area contributed by atoms with E-state index in [9.17, 15) is 9.59 Å². The SMILES string of the molecule is CCOC(=O)N1CCC(NC(=O)CCN)CC1. The monoisotopic (exact) mass is 243 g/mol. The molecule has 6 heteroatoms. The van der Waals surface area contributed by atoms with Crippen LogP contribution in [0.1, 0.15) is 26.2 Å². The molecule has 1 fully saturated rings. The minimum absolute atomic E-state index is 0.0120. The molecule has 0 saturated carbocycles. The smallest absolute Gasteiger partial charge is 0.409 e. The van der Waals surface area contributed by atoms with Gasteiger partial charge in [-0.25, -0.2) is 4.79 Å². The number of hydrogen-bond donors (Lipinski definition) is 2. The maximum atomic E-state index is 11.4. The number of nitrogens with two attached hydrogens (primary N) is 1. The van der Waals surface area contributed by atoms with Gasteiger partial charge in [-0.3, -0.25) is 4.79 Å². The van der Waals surface area contributed by atoms with Crippen LogP contribution in [0.25, 0.3) is 0 Å². The highest BCUT2D eigenvalue weighted by atomic mass is 16.6. The van der Waals surface area contributed by atoms with Crippen LogP contribution in [0.2, 0.25) is 0 Å². The molecular formula is C11H21N3O3. The number of nitrogens with zero attached hydrogens (tertiary/aromatic N) is 1. The lowest BCUT2D eigenvalue weighted by Gasteiger charge is -2.31. The highest BCUT2D eigenvalue weighted by Crippen LogP contribution is 2.11. The summed E-state index contributed by atoms with van der Waals surface area (Å²) in [5, 5.41) is 2.91. The molecule has 6 nitrogen and oxygen atoms in total. The molecule has 0 spiro atoms. The zero-order valence-corrected chi connectivity index (χ0v) is 10.3. The fourth-order valence-electron chi connectivity index (χ4n) is 1.85. The molecule has 1 rings (SSSR count). The molecule has 0 bridgehead atoms. The standard InChI is InChI=1S/C11H21N3O3/c1-2-17-11(16)14-7-4-9(5-8-14)13-10(15)3-6-12/h9H,2-8,12H2,1H3,(H,13,15). The van der Waals surface area contributed by atoms with E-state index in [1.807, 2.05) is 0 Å². The Kier molecular flexibility index (Phi) is 5.76. The first kappa shape index (κ1) is 13.8. The first-order chi connectivity index (χ1) is 8.17. The van der Waals surface area contributed by atoms with Crippen molar-refractivity contribution in [1.29, 1.82) is 0 Å². The van der Waals surface area contributed by atoms with Gasteiger partial charge in [-0.2, -0.15) is 0 Å². The summed E-state index contributed by atoms with van der Waals surface area (Å²) in [4.78, 5) is 24.4. The van der Waals surface area contributed by atoms with Crippen LogP contribution in [0.5, 0.6) is 0 Å². The largest absolute Gasteiger partial charge is 0.450 e. The van der Waals surface area contributed by atoms with Crippen LogP contribution in [0.15, 0.2) is 0 Å². The molecule has 0 aromatic heterocycles. The molecule has 0 aliphatic carbocycles. The molecule has 0 aromatic carbocycles. The Hall–Kier alpha value is -1.30. The third kappa shape index (κ3) is 4.60. The minimum atomic E-state index is -0.265. The predicted molar refractivity (Wildman–Crippen MR) is 63.4 cm³/mol. The second-order valence-corrected chi connectivity index (χ2v) is 4.07. The van der Waals surface area contributed by atoms with Crippen molar-refractivity contribution in [2.45, 2.75) is 32.2 Å². The van der Waals surface area contributed by atoms with Crippen molar-refractivity contribution in [3.63, 3.8) is 0 Å². The Labute approximate surface area is 101 Å². The third-order valence-corrected chi connectivity index (χ3v) is 2.76. The predicted octanol–water partition coefficient (Wildman–Crippen LogP) is 0.0723. The summed E-state index contributed by atoms with van der Waals surface area (Å²) in [7, 11) is 0. The highest BCUT2D eigenvalue weighted by Gasteiger charge is 2.24. The van der Waals surface area contributed by atoms with Gasteiger partial charge in [-0.15, -0.1) is 0 Å². The van der Waals surface area contributed by atoms with Crippen molar-refractivity contribution in [2.24, 2.45) is 5.73 Å². The van der Waals surface area contributed by atoms with E-state index in [0.29, 0.717) is 32.7 Å². The summed E-state index contributed by atoms with van der Waals surface area (Å²) in [5.41, 5.74) is 5.30. The van der Waals surface area contributed by atoms with Gasteiger partial charge in [0.1, 0.15) is 0 Å².